The average Bonchev–Trinajstić information content (AvgIpc) is 2.75. The van der Waals surface area contributed by atoms with Crippen molar-refractivity contribution in [1.82, 2.24) is 9.88 Å². The molecular weight excluding hydrogens is 256 g/mol. The Labute approximate surface area is 117 Å². The minimum atomic E-state index is 0.0215. The maximum absolute atomic E-state index is 12.5. The molecule has 0 aliphatic carbocycles. The van der Waals surface area contributed by atoms with Crippen molar-refractivity contribution >= 4 is 17.2 Å². The molecule has 0 radical (unpaired) electrons. The van der Waals surface area contributed by atoms with E-state index in [2.05, 4.69) is 4.98 Å². The van der Waals surface area contributed by atoms with E-state index in [1.54, 1.807) is 11.3 Å². The van der Waals surface area contributed by atoms with E-state index >= 15 is 0 Å². The number of amides is 1. The largest absolute Gasteiger partial charge is 0.333 e. The number of hydrogen-bond donors (Lipinski definition) is 0. The summed E-state index contributed by atoms with van der Waals surface area (Å²) in [6.45, 7) is 7.20. The lowest BCUT2D eigenvalue weighted by molar-refractivity contribution is 0.0746. The molecule has 0 aliphatic heterocycles. The third kappa shape index (κ3) is 3.20. The number of carbonyl (C=O) groups excluding carboxylic acids is 1. The molecule has 4 heteroatoms. The lowest BCUT2D eigenvalue weighted by Gasteiger charge is -2.20. The van der Waals surface area contributed by atoms with Gasteiger partial charge in [0.05, 0.1) is 5.01 Å². The van der Waals surface area contributed by atoms with Gasteiger partial charge < -0.3 is 4.90 Å². The summed E-state index contributed by atoms with van der Waals surface area (Å²) in [5, 5.41) is 0.941. The first-order valence-corrected chi connectivity index (χ1v) is 7.20. The van der Waals surface area contributed by atoms with Crippen LogP contribution in [-0.4, -0.2) is 22.3 Å². The fourth-order valence-corrected chi connectivity index (χ4v) is 2.82. The van der Waals surface area contributed by atoms with Gasteiger partial charge >= 0.3 is 0 Å². The van der Waals surface area contributed by atoms with Gasteiger partial charge in [-0.3, -0.25) is 4.79 Å². The van der Waals surface area contributed by atoms with Crippen LogP contribution in [0.15, 0.2) is 30.3 Å². The number of aromatic nitrogens is 1. The fourth-order valence-electron chi connectivity index (χ4n) is 2.01. The summed E-state index contributed by atoms with van der Waals surface area (Å²) in [5.74, 6) is 0.0215. The van der Waals surface area contributed by atoms with E-state index in [1.165, 1.54) is 0 Å². The Morgan fingerprint density at radius 3 is 2.47 bits per heavy atom. The minimum absolute atomic E-state index is 0.0215. The molecule has 1 aromatic heterocycles. The van der Waals surface area contributed by atoms with Gasteiger partial charge in [-0.2, -0.15) is 0 Å². The van der Waals surface area contributed by atoms with E-state index < -0.39 is 0 Å². The minimum Gasteiger partial charge on any atom is -0.333 e. The van der Waals surface area contributed by atoms with Crippen LogP contribution >= 0.6 is 11.3 Å². The molecular formula is C15H18N2OS. The summed E-state index contributed by atoms with van der Waals surface area (Å²) in [7, 11) is 0. The SMILES string of the molecule is CCN(Cc1ccccc1)C(=O)c1nc(C)sc1C. The van der Waals surface area contributed by atoms with Crippen molar-refractivity contribution < 1.29 is 4.79 Å². The van der Waals surface area contributed by atoms with Crippen LogP contribution in [0.4, 0.5) is 0 Å². The Kier molecular flexibility index (Phi) is 4.32. The van der Waals surface area contributed by atoms with Gasteiger partial charge in [0.2, 0.25) is 0 Å². The highest BCUT2D eigenvalue weighted by Crippen LogP contribution is 2.19. The van der Waals surface area contributed by atoms with Crippen LogP contribution in [0.1, 0.15) is 32.9 Å². The van der Waals surface area contributed by atoms with E-state index in [4.69, 9.17) is 0 Å². The van der Waals surface area contributed by atoms with Gasteiger partial charge in [-0.1, -0.05) is 30.3 Å². The number of benzene rings is 1. The second kappa shape index (κ2) is 5.97. The Morgan fingerprint density at radius 2 is 1.95 bits per heavy atom. The van der Waals surface area contributed by atoms with Crippen LogP contribution in [-0.2, 0) is 6.54 Å². The standard InChI is InChI=1S/C15H18N2OS/c1-4-17(10-13-8-6-5-7-9-13)15(18)14-11(2)19-12(3)16-14/h5-9H,4,10H2,1-3H3. The molecule has 1 amide bonds. The Hall–Kier alpha value is -1.68. The molecule has 0 aliphatic rings. The lowest BCUT2D eigenvalue weighted by Crippen LogP contribution is -2.31. The molecule has 2 aromatic rings. The number of aryl methyl sites for hydroxylation is 2. The van der Waals surface area contributed by atoms with Crippen LogP contribution in [0.25, 0.3) is 0 Å². The maximum atomic E-state index is 12.5. The fraction of sp³-hybridized carbons (Fsp3) is 0.333. The number of carbonyl (C=O) groups is 1. The Bertz CT molecular complexity index is 563. The normalized spacial score (nSPS) is 10.5. The Balaban J connectivity index is 2.18. The third-order valence-corrected chi connectivity index (χ3v) is 3.88. The van der Waals surface area contributed by atoms with Gasteiger partial charge in [0.25, 0.3) is 5.91 Å². The van der Waals surface area contributed by atoms with Crippen molar-refractivity contribution in [2.24, 2.45) is 0 Å². The highest BCUT2D eigenvalue weighted by molar-refractivity contribution is 7.11. The van der Waals surface area contributed by atoms with Crippen molar-refractivity contribution in [3.05, 3.63) is 51.5 Å². The number of thiazole rings is 1. The van der Waals surface area contributed by atoms with Gasteiger partial charge in [0.1, 0.15) is 5.69 Å². The predicted molar refractivity (Wildman–Crippen MR) is 78.4 cm³/mol. The van der Waals surface area contributed by atoms with Crippen LogP contribution in [0.2, 0.25) is 0 Å². The van der Waals surface area contributed by atoms with Crippen molar-refractivity contribution in [2.75, 3.05) is 6.54 Å². The first-order valence-electron chi connectivity index (χ1n) is 6.39. The average molecular weight is 274 g/mol. The molecule has 0 bridgehead atoms. The number of hydrogen-bond acceptors (Lipinski definition) is 3. The van der Waals surface area contributed by atoms with Gasteiger partial charge in [0, 0.05) is 18.0 Å². The quantitative estimate of drug-likeness (QED) is 0.856. The molecule has 0 fully saturated rings. The summed E-state index contributed by atoms with van der Waals surface area (Å²) in [6.07, 6.45) is 0. The first kappa shape index (κ1) is 13.7. The second-order valence-corrected chi connectivity index (χ2v) is 5.85. The summed E-state index contributed by atoms with van der Waals surface area (Å²) in [6, 6.07) is 10.0. The van der Waals surface area contributed by atoms with Gasteiger partial charge in [-0.25, -0.2) is 4.98 Å². The lowest BCUT2D eigenvalue weighted by atomic mass is 10.2. The summed E-state index contributed by atoms with van der Waals surface area (Å²) in [4.78, 5) is 19.7. The molecule has 1 heterocycles. The highest BCUT2D eigenvalue weighted by Gasteiger charge is 2.19. The molecule has 0 spiro atoms. The van der Waals surface area contributed by atoms with E-state index in [-0.39, 0.29) is 5.91 Å². The van der Waals surface area contributed by atoms with Gasteiger partial charge in [0.15, 0.2) is 0 Å². The molecule has 19 heavy (non-hydrogen) atoms. The zero-order valence-electron chi connectivity index (χ0n) is 11.5. The Morgan fingerprint density at radius 1 is 1.26 bits per heavy atom. The van der Waals surface area contributed by atoms with E-state index in [0.717, 1.165) is 15.4 Å². The van der Waals surface area contributed by atoms with E-state index in [0.29, 0.717) is 18.8 Å². The first-order chi connectivity index (χ1) is 9.11. The van der Waals surface area contributed by atoms with Crippen LogP contribution in [0, 0.1) is 13.8 Å². The van der Waals surface area contributed by atoms with Crippen molar-refractivity contribution in [3.8, 4) is 0 Å². The summed E-state index contributed by atoms with van der Waals surface area (Å²) in [5.41, 5.74) is 1.74. The van der Waals surface area contributed by atoms with Crippen LogP contribution in [0.5, 0.6) is 0 Å². The van der Waals surface area contributed by atoms with E-state index in [9.17, 15) is 4.79 Å². The smallest absolute Gasteiger partial charge is 0.273 e. The molecule has 1 aromatic carbocycles. The van der Waals surface area contributed by atoms with Crippen LogP contribution < -0.4 is 0 Å². The number of nitrogens with zero attached hydrogens (tertiary/aromatic N) is 2. The predicted octanol–water partition coefficient (Wildman–Crippen LogP) is 3.42. The van der Waals surface area contributed by atoms with Gasteiger partial charge in [-0.15, -0.1) is 11.3 Å². The molecule has 0 saturated heterocycles. The summed E-state index contributed by atoms with van der Waals surface area (Å²) >= 11 is 1.57. The third-order valence-electron chi connectivity index (χ3n) is 2.99. The molecule has 0 saturated carbocycles. The topological polar surface area (TPSA) is 33.2 Å². The van der Waals surface area contributed by atoms with Crippen molar-refractivity contribution in [2.45, 2.75) is 27.3 Å². The monoisotopic (exact) mass is 274 g/mol. The van der Waals surface area contributed by atoms with Crippen molar-refractivity contribution in [1.29, 1.82) is 0 Å². The second-order valence-electron chi connectivity index (χ2n) is 4.44. The zero-order valence-corrected chi connectivity index (χ0v) is 12.3. The molecule has 2 rings (SSSR count). The van der Waals surface area contributed by atoms with Crippen molar-refractivity contribution in [3.63, 3.8) is 0 Å². The van der Waals surface area contributed by atoms with E-state index in [1.807, 2.05) is 56.0 Å². The molecule has 0 atom stereocenters. The summed E-state index contributed by atoms with van der Waals surface area (Å²) < 4.78 is 0. The molecule has 3 nitrogen and oxygen atoms in total. The molecule has 0 unspecified atom stereocenters. The molecule has 100 valence electrons. The number of rotatable bonds is 4. The van der Waals surface area contributed by atoms with Crippen LogP contribution in [0.3, 0.4) is 0 Å². The zero-order chi connectivity index (χ0) is 13.8. The molecule has 0 N–H and O–H groups in total. The highest BCUT2D eigenvalue weighted by atomic mass is 32.1. The maximum Gasteiger partial charge on any atom is 0.273 e. The van der Waals surface area contributed by atoms with Gasteiger partial charge in [-0.05, 0) is 26.3 Å².